The molecule has 0 aromatic heterocycles. The van der Waals surface area contributed by atoms with Crippen LogP contribution in [0.5, 0.6) is 0 Å². The quantitative estimate of drug-likeness (QED) is 0.108. The molecule has 1 unspecified atom stereocenters. The van der Waals surface area contributed by atoms with Crippen molar-refractivity contribution in [3.05, 3.63) is 80.8 Å². The Morgan fingerprint density at radius 2 is 1.57 bits per heavy atom. The smallest absolute Gasteiger partial charge is 0.282 e. The predicted molar refractivity (Wildman–Crippen MR) is 176 cm³/mol. The van der Waals surface area contributed by atoms with Gasteiger partial charge in [-0.05, 0) is 93.1 Å². The fourth-order valence-corrected chi connectivity index (χ4v) is 6.26. The zero-order valence-electron chi connectivity index (χ0n) is 27.0. The number of allylic oxidation sites excluding steroid dienone is 7. The third kappa shape index (κ3) is 11.9. The van der Waals surface area contributed by atoms with Crippen LogP contribution in [-0.2, 0) is 16.5 Å². The van der Waals surface area contributed by atoms with Gasteiger partial charge >= 0.3 is 0 Å². The lowest BCUT2D eigenvalue weighted by atomic mass is 9.78. The first kappa shape index (κ1) is 36.1. The summed E-state index contributed by atoms with van der Waals surface area (Å²) in [5, 5.41) is 0. The molecule has 3 nitrogen and oxygen atoms in total. The molecule has 1 atom stereocenters. The molecule has 0 saturated carbocycles. The van der Waals surface area contributed by atoms with Crippen LogP contribution < -0.4 is 0 Å². The van der Waals surface area contributed by atoms with E-state index in [2.05, 4.69) is 78.8 Å². The number of benzene rings is 1. The van der Waals surface area contributed by atoms with Crippen LogP contribution in [0.4, 0.5) is 0 Å². The first-order valence-electron chi connectivity index (χ1n) is 15.7. The lowest BCUT2D eigenvalue weighted by molar-refractivity contribution is 0.491. The molecule has 0 spiro atoms. The van der Waals surface area contributed by atoms with Gasteiger partial charge in [-0.2, -0.15) is 8.42 Å². The Morgan fingerprint density at radius 3 is 2.10 bits per heavy atom. The van der Waals surface area contributed by atoms with Gasteiger partial charge < -0.3 is 0 Å². The van der Waals surface area contributed by atoms with Gasteiger partial charge in [0.25, 0.3) is 10.1 Å². The summed E-state index contributed by atoms with van der Waals surface area (Å²) in [7, 11) is -4.37. The fourth-order valence-electron chi connectivity index (χ4n) is 5.41. The average molecular weight is 571 g/mol. The second kappa shape index (κ2) is 18.5. The van der Waals surface area contributed by atoms with Gasteiger partial charge in [0.2, 0.25) is 0 Å². The van der Waals surface area contributed by atoms with Crippen LogP contribution in [0.25, 0.3) is 0 Å². The Kier molecular flexibility index (Phi) is 16.7. The minimum absolute atomic E-state index is 0.00987. The number of rotatable bonds is 18. The summed E-state index contributed by atoms with van der Waals surface area (Å²) < 4.78 is 35.3. The molecule has 0 heterocycles. The van der Waals surface area contributed by atoms with Crippen LogP contribution in [0.15, 0.2) is 64.1 Å². The van der Waals surface area contributed by atoms with Crippen molar-refractivity contribution < 1.29 is 13.0 Å². The van der Waals surface area contributed by atoms with E-state index in [1.54, 1.807) is 13.0 Å². The molecular weight excluding hydrogens is 512 g/mol. The van der Waals surface area contributed by atoms with Crippen molar-refractivity contribution in [1.29, 1.82) is 0 Å². The number of unbranched alkanes of at least 4 members (excludes halogenated alkanes) is 5. The Balaban J connectivity index is 3.77. The van der Waals surface area contributed by atoms with E-state index < -0.39 is 10.1 Å². The van der Waals surface area contributed by atoms with E-state index in [-0.39, 0.29) is 10.8 Å². The highest BCUT2D eigenvalue weighted by Gasteiger charge is 2.26. The Bertz CT molecular complexity index is 1130. The summed E-state index contributed by atoms with van der Waals surface area (Å²) >= 11 is 0. The molecule has 226 valence electrons. The highest BCUT2D eigenvalue weighted by molar-refractivity contribution is 7.90. The van der Waals surface area contributed by atoms with E-state index >= 15 is 0 Å². The van der Waals surface area contributed by atoms with Crippen molar-refractivity contribution in [2.45, 2.75) is 138 Å². The van der Waals surface area contributed by atoms with E-state index in [4.69, 9.17) is 0 Å². The first-order valence-corrected chi connectivity index (χ1v) is 17.1. The first-order chi connectivity index (χ1) is 18.9. The zero-order chi connectivity index (χ0) is 30.3. The Hall–Kier alpha value is -1.91. The molecule has 1 rings (SSSR count). The molecule has 0 aliphatic heterocycles. The highest BCUT2D eigenvalue weighted by atomic mass is 32.2. The summed E-state index contributed by atoms with van der Waals surface area (Å²) in [6, 6.07) is 6.79. The molecule has 1 N–H and O–H groups in total. The van der Waals surface area contributed by atoms with Crippen molar-refractivity contribution in [2.24, 2.45) is 5.92 Å². The third-order valence-corrected chi connectivity index (χ3v) is 8.98. The molecular formula is C36H58O3S. The minimum atomic E-state index is -4.37. The van der Waals surface area contributed by atoms with Crippen molar-refractivity contribution in [3.8, 4) is 0 Å². The molecule has 4 heteroatoms. The van der Waals surface area contributed by atoms with Crippen molar-refractivity contribution in [3.63, 3.8) is 0 Å². The molecule has 0 bridgehead atoms. The second-order valence-corrected chi connectivity index (χ2v) is 13.3. The monoisotopic (exact) mass is 570 g/mol. The van der Waals surface area contributed by atoms with Crippen LogP contribution in [0.1, 0.15) is 149 Å². The normalized spacial score (nSPS) is 14.9. The molecule has 0 saturated heterocycles. The van der Waals surface area contributed by atoms with Crippen LogP contribution in [-0.4, -0.2) is 13.0 Å². The highest BCUT2D eigenvalue weighted by Crippen LogP contribution is 2.40. The molecule has 0 aliphatic carbocycles. The molecule has 1 aromatic carbocycles. The van der Waals surface area contributed by atoms with Gasteiger partial charge in [-0.1, -0.05) is 121 Å². The summed E-state index contributed by atoms with van der Waals surface area (Å²) in [4.78, 5) is 0.00987. The van der Waals surface area contributed by atoms with Gasteiger partial charge in [-0.3, -0.25) is 4.55 Å². The molecule has 0 fully saturated rings. The number of aryl methyl sites for hydroxylation is 1. The number of hydrogen-bond donors (Lipinski definition) is 1. The van der Waals surface area contributed by atoms with Gasteiger partial charge in [0, 0.05) is 5.92 Å². The standard InChI is InChI=1S/C36H58O3S/c1-10-14-16-18-20-30(13-4)24-32(27(5)6)26-35(29(9)36(19-12-3)40(37,38)39)33-23-22-31(21-17-15-11-2)25-34(33)28(7)8/h12-13,19,22-25,27-28,35H,10-11,14-18,20-21,26H2,1-9H3,(H,37,38,39)/b19-12-,30-13-,32-24+,36-29-. The summed E-state index contributed by atoms with van der Waals surface area (Å²) in [5.41, 5.74) is 7.12. The van der Waals surface area contributed by atoms with Crippen LogP contribution in [0.2, 0.25) is 0 Å². The molecule has 1 aromatic rings. The summed E-state index contributed by atoms with van der Waals surface area (Å²) in [5.74, 6) is 0.443. The SMILES string of the molecule is C/C=C\C(=C(/C)C(C/C(=C\C(=C/C)CCCCCC)C(C)C)c1ccc(CCCCC)cc1C(C)C)S(=O)(=O)O. The maximum absolute atomic E-state index is 12.6. The van der Waals surface area contributed by atoms with Gasteiger partial charge in [0.1, 0.15) is 0 Å². The van der Waals surface area contributed by atoms with E-state index in [1.165, 1.54) is 73.3 Å². The van der Waals surface area contributed by atoms with Gasteiger partial charge in [-0.15, -0.1) is 0 Å². The average Bonchev–Trinajstić information content (AvgIpc) is 2.90. The molecule has 0 amide bonds. The summed E-state index contributed by atoms with van der Waals surface area (Å²) in [6.07, 6.45) is 19.1. The van der Waals surface area contributed by atoms with Crippen molar-refractivity contribution >= 4 is 10.1 Å². The Labute approximate surface area is 247 Å². The van der Waals surface area contributed by atoms with E-state index in [1.807, 2.05) is 6.92 Å². The van der Waals surface area contributed by atoms with Crippen molar-refractivity contribution in [2.75, 3.05) is 0 Å². The van der Waals surface area contributed by atoms with Crippen molar-refractivity contribution in [1.82, 2.24) is 0 Å². The zero-order valence-corrected chi connectivity index (χ0v) is 27.8. The molecule has 0 radical (unpaired) electrons. The van der Waals surface area contributed by atoms with Gasteiger partial charge in [-0.25, -0.2) is 0 Å². The lowest BCUT2D eigenvalue weighted by Gasteiger charge is -2.27. The van der Waals surface area contributed by atoms with Gasteiger partial charge in [0.05, 0.1) is 4.91 Å². The largest absolute Gasteiger partial charge is 0.294 e. The minimum Gasteiger partial charge on any atom is -0.282 e. The number of hydrogen-bond acceptors (Lipinski definition) is 2. The third-order valence-electron chi connectivity index (χ3n) is 7.97. The van der Waals surface area contributed by atoms with Crippen LogP contribution >= 0.6 is 0 Å². The van der Waals surface area contributed by atoms with E-state index in [0.717, 1.165) is 18.4 Å². The van der Waals surface area contributed by atoms with Gasteiger partial charge in [0.15, 0.2) is 0 Å². The fraction of sp³-hybridized carbons (Fsp3) is 0.611. The van der Waals surface area contributed by atoms with Crippen LogP contribution in [0, 0.1) is 5.92 Å². The van der Waals surface area contributed by atoms with E-state index in [0.29, 0.717) is 23.8 Å². The maximum Gasteiger partial charge on any atom is 0.294 e. The lowest BCUT2D eigenvalue weighted by Crippen LogP contribution is -2.14. The topological polar surface area (TPSA) is 54.4 Å². The molecule has 0 aliphatic rings. The maximum atomic E-state index is 12.6. The molecule has 40 heavy (non-hydrogen) atoms. The Morgan fingerprint density at radius 1 is 0.925 bits per heavy atom. The predicted octanol–water partition coefficient (Wildman–Crippen LogP) is 11.3. The second-order valence-electron chi connectivity index (χ2n) is 11.9. The van der Waals surface area contributed by atoms with E-state index in [9.17, 15) is 13.0 Å². The summed E-state index contributed by atoms with van der Waals surface area (Å²) in [6.45, 7) is 19.1. The van der Waals surface area contributed by atoms with Crippen LogP contribution in [0.3, 0.4) is 0 Å².